The lowest BCUT2D eigenvalue weighted by molar-refractivity contribution is -0.111. The van der Waals surface area contributed by atoms with E-state index in [2.05, 4.69) is 15.3 Å². The van der Waals surface area contributed by atoms with Crippen LogP contribution < -0.4 is 5.32 Å². The predicted molar refractivity (Wildman–Crippen MR) is 133 cm³/mol. The monoisotopic (exact) mass is 473 g/mol. The number of amides is 1. The topological polar surface area (TPSA) is 70.9 Å². The van der Waals surface area contributed by atoms with E-state index in [1.54, 1.807) is 36.4 Å². The molecule has 162 valence electrons. The fourth-order valence-corrected chi connectivity index (χ4v) is 4.00. The maximum absolute atomic E-state index is 12.4. The summed E-state index contributed by atoms with van der Waals surface area (Å²) in [6.07, 6.45) is 3.02. The largest absolute Gasteiger partial charge is 0.457 e. The minimum absolute atomic E-state index is 0.277. The molecule has 2 N–H and O–H groups in total. The Morgan fingerprint density at radius 3 is 2.55 bits per heavy atom. The number of nitrogens with one attached hydrogen (secondary N) is 2. The molecular weight excluding hydrogens is 457 g/mol. The van der Waals surface area contributed by atoms with Crippen LogP contribution in [-0.2, 0) is 4.79 Å². The highest BCUT2D eigenvalue weighted by Gasteiger charge is 2.08. The molecule has 1 amide bonds. The van der Waals surface area contributed by atoms with Gasteiger partial charge in [-0.3, -0.25) is 4.79 Å². The lowest BCUT2D eigenvalue weighted by atomic mass is 10.2. The molecule has 0 atom stereocenters. The van der Waals surface area contributed by atoms with Gasteiger partial charge in [0.05, 0.1) is 11.0 Å². The van der Waals surface area contributed by atoms with Crippen molar-refractivity contribution in [3.8, 4) is 22.7 Å². The standard InChI is InChI=1S/C26H17Cl2N3O2/c27-18-12-17(13-19(28)15-18)24-10-8-21(33-24)9-11-25(32)29-20-5-3-4-16(14-20)26-30-22-6-1-2-7-23(22)31-26/h1-15H,(H,29,32)(H,30,31)/b11-9+. The van der Waals surface area contributed by atoms with Gasteiger partial charge in [0, 0.05) is 32.9 Å². The van der Waals surface area contributed by atoms with E-state index in [1.165, 1.54) is 6.08 Å². The maximum Gasteiger partial charge on any atom is 0.248 e. The Balaban J connectivity index is 1.28. The second-order valence-electron chi connectivity index (χ2n) is 7.37. The number of furan rings is 1. The number of fused-ring (bicyclic) bond motifs is 1. The van der Waals surface area contributed by atoms with E-state index in [-0.39, 0.29) is 5.91 Å². The molecule has 3 aromatic carbocycles. The van der Waals surface area contributed by atoms with Crippen molar-refractivity contribution in [1.82, 2.24) is 9.97 Å². The number of nitrogens with zero attached hydrogens (tertiary/aromatic N) is 1. The van der Waals surface area contributed by atoms with E-state index in [1.807, 2.05) is 48.5 Å². The van der Waals surface area contributed by atoms with Crippen molar-refractivity contribution < 1.29 is 9.21 Å². The molecule has 5 aromatic rings. The number of aromatic amines is 1. The van der Waals surface area contributed by atoms with Gasteiger partial charge in [-0.25, -0.2) is 4.98 Å². The van der Waals surface area contributed by atoms with Gasteiger partial charge in [-0.05, 0) is 60.7 Å². The average molecular weight is 474 g/mol. The molecule has 0 saturated carbocycles. The van der Waals surface area contributed by atoms with Crippen molar-refractivity contribution in [3.63, 3.8) is 0 Å². The zero-order valence-corrected chi connectivity index (χ0v) is 18.7. The van der Waals surface area contributed by atoms with Gasteiger partial charge >= 0.3 is 0 Å². The first-order valence-electron chi connectivity index (χ1n) is 10.1. The molecule has 0 aliphatic rings. The smallest absolute Gasteiger partial charge is 0.248 e. The summed E-state index contributed by atoms with van der Waals surface area (Å²) in [5, 5.41) is 3.91. The van der Waals surface area contributed by atoms with Gasteiger partial charge < -0.3 is 14.7 Å². The molecule has 5 nitrogen and oxygen atoms in total. The minimum atomic E-state index is -0.277. The van der Waals surface area contributed by atoms with Crippen LogP contribution >= 0.6 is 23.2 Å². The molecule has 0 aliphatic carbocycles. The molecule has 2 aromatic heterocycles. The summed E-state index contributed by atoms with van der Waals surface area (Å²) in [6.45, 7) is 0. The summed E-state index contributed by atoms with van der Waals surface area (Å²) in [6, 6.07) is 24.1. The van der Waals surface area contributed by atoms with Gasteiger partial charge in [-0.2, -0.15) is 0 Å². The molecule has 33 heavy (non-hydrogen) atoms. The Morgan fingerprint density at radius 1 is 0.909 bits per heavy atom. The molecule has 0 spiro atoms. The number of rotatable bonds is 5. The van der Waals surface area contributed by atoms with Gasteiger partial charge in [-0.15, -0.1) is 0 Å². The predicted octanol–water partition coefficient (Wildman–Crippen LogP) is 7.45. The van der Waals surface area contributed by atoms with Gasteiger partial charge in [-0.1, -0.05) is 47.5 Å². The van der Waals surface area contributed by atoms with Crippen LogP contribution in [0.4, 0.5) is 5.69 Å². The molecule has 0 radical (unpaired) electrons. The first-order chi connectivity index (χ1) is 16.0. The van der Waals surface area contributed by atoms with Crippen LogP contribution in [-0.4, -0.2) is 15.9 Å². The van der Waals surface area contributed by atoms with Crippen LogP contribution in [0.5, 0.6) is 0 Å². The van der Waals surface area contributed by atoms with Crippen LogP contribution in [0.25, 0.3) is 39.8 Å². The number of carbonyl (C=O) groups excluding carboxylic acids is 1. The number of halogens is 2. The SMILES string of the molecule is O=C(/C=C/c1ccc(-c2cc(Cl)cc(Cl)c2)o1)Nc1cccc(-c2nc3ccccc3[nH]2)c1. The number of H-pyrrole nitrogens is 1. The summed E-state index contributed by atoms with van der Waals surface area (Å²) in [5.74, 6) is 1.61. The van der Waals surface area contributed by atoms with Crippen LogP contribution in [0.15, 0.2) is 89.4 Å². The molecule has 0 aliphatic heterocycles. The molecule has 2 heterocycles. The van der Waals surface area contributed by atoms with Gasteiger partial charge in [0.2, 0.25) is 5.91 Å². The van der Waals surface area contributed by atoms with E-state index < -0.39 is 0 Å². The number of carbonyl (C=O) groups is 1. The van der Waals surface area contributed by atoms with Crippen molar-refractivity contribution >= 4 is 51.9 Å². The van der Waals surface area contributed by atoms with Crippen LogP contribution in [0.2, 0.25) is 10.0 Å². The summed E-state index contributed by atoms with van der Waals surface area (Å²) in [4.78, 5) is 20.3. The number of hydrogen-bond acceptors (Lipinski definition) is 3. The number of benzene rings is 3. The van der Waals surface area contributed by atoms with E-state index >= 15 is 0 Å². The Labute approximate surface area is 199 Å². The van der Waals surface area contributed by atoms with Gasteiger partial charge in [0.15, 0.2) is 0 Å². The Bertz CT molecular complexity index is 1450. The number of hydrogen-bond donors (Lipinski definition) is 2. The van der Waals surface area contributed by atoms with E-state index in [9.17, 15) is 4.79 Å². The van der Waals surface area contributed by atoms with Gasteiger partial charge in [0.1, 0.15) is 17.3 Å². The Morgan fingerprint density at radius 2 is 1.73 bits per heavy atom. The molecule has 0 bridgehead atoms. The van der Waals surface area contributed by atoms with Crippen molar-refractivity contribution in [1.29, 1.82) is 0 Å². The highest BCUT2D eigenvalue weighted by atomic mass is 35.5. The second kappa shape index (κ2) is 8.98. The first-order valence-corrected chi connectivity index (χ1v) is 10.9. The van der Waals surface area contributed by atoms with Crippen LogP contribution in [0, 0.1) is 0 Å². The summed E-state index contributed by atoms with van der Waals surface area (Å²) < 4.78 is 5.79. The summed E-state index contributed by atoms with van der Waals surface area (Å²) in [7, 11) is 0. The number of aromatic nitrogens is 2. The molecular formula is C26H17Cl2N3O2. The van der Waals surface area contributed by atoms with Gasteiger partial charge in [0.25, 0.3) is 0 Å². The molecule has 0 fully saturated rings. The third kappa shape index (κ3) is 4.85. The molecule has 0 saturated heterocycles. The lowest BCUT2D eigenvalue weighted by Crippen LogP contribution is -2.07. The fourth-order valence-electron chi connectivity index (χ4n) is 3.47. The number of imidazole rings is 1. The van der Waals surface area contributed by atoms with Crippen LogP contribution in [0.3, 0.4) is 0 Å². The van der Waals surface area contributed by atoms with Crippen molar-refractivity contribution in [2.24, 2.45) is 0 Å². The highest BCUT2D eigenvalue weighted by molar-refractivity contribution is 6.35. The zero-order valence-electron chi connectivity index (χ0n) is 17.2. The third-order valence-corrected chi connectivity index (χ3v) is 5.40. The van der Waals surface area contributed by atoms with Crippen molar-refractivity contribution in [2.75, 3.05) is 5.32 Å². The zero-order chi connectivity index (χ0) is 22.8. The normalized spacial score (nSPS) is 11.3. The number of anilines is 1. The summed E-state index contributed by atoms with van der Waals surface area (Å²) in [5.41, 5.74) is 4.16. The quantitative estimate of drug-likeness (QED) is 0.260. The fraction of sp³-hybridized carbons (Fsp3) is 0. The molecule has 0 unspecified atom stereocenters. The van der Waals surface area contributed by atoms with E-state index in [4.69, 9.17) is 27.6 Å². The average Bonchev–Trinajstić information content (AvgIpc) is 3.44. The lowest BCUT2D eigenvalue weighted by Gasteiger charge is -2.04. The third-order valence-electron chi connectivity index (χ3n) is 4.97. The Hall–Kier alpha value is -3.80. The first kappa shape index (κ1) is 21.1. The maximum atomic E-state index is 12.4. The van der Waals surface area contributed by atoms with Crippen LogP contribution in [0.1, 0.15) is 5.76 Å². The molecule has 5 rings (SSSR count). The highest BCUT2D eigenvalue weighted by Crippen LogP contribution is 2.29. The molecule has 7 heteroatoms. The second-order valence-corrected chi connectivity index (χ2v) is 8.24. The van der Waals surface area contributed by atoms with Crippen molar-refractivity contribution in [3.05, 3.63) is 101 Å². The minimum Gasteiger partial charge on any atom is -0.457 e. The van der Waals surface area contributed by atoms with E-state index in [0.717, 1.165) is 28.0 Å². The summed E-state index contributed by atoms with van der Waals surface area (Å²) >= 11 is 12.1. The number of para-hydroxylation sites is 2. The Kier molecular flexibility index (Phi) is 5.73. The van der Waals surface area contributed by atoms with E-state index in [0.29, 0.717) is 27.3 Å². The van der Waals surface area contributed by atoms with Crippen molar-refractivity contribution in [2.45, 2.75) is 0 Å².